The minimum absolute atomic E-state index is 0.138. The van der Waals surface area contributed by atoms with E-state index < -0.39 is 34.5 Å². The summed E-state index contributed by atoms with van der Waals surface area (Å²) in [5.41, 5.74) is 2.17. The number of carbonyl (C=O) groups excluding carboxylic acids is 3. The van der Waals surface area contributed by atoms with Gasteiger partial charge in [-0.15, -0.1) is 0 Å². The molecule has 2 bridgehead atoms. The molecule has 2 amide bonds. The fourth-order valence-electron chi connectivity index (χ4n) is 8.39. The maximum Gasteiger partial charge on any atom is 0.239 e. The minimum atomic E-state index is -1.43. The number of ether oxygens (including phenoxy) is 1. The summed E-state index contributed by atoms with van der Waals surface area (Å²) in [5, 5.41) is 0. The second-order valence-electron chi connectivity index (χ2n) is 11.8. The Morgan fingerprint density at radius 2 is 0.889 bits per heavy atom. The predicted octanol–water partition coefficient (Wildman–Crippen LogP) is 6.88. The molecule has 2 aliphatic carbocycles. The van der Waals surface area contributed by atoms with Gasteiger partial charge in [0.1, 0.15) is 5.75 Å². The van der Waals surface area contributed by atoms with Crippen molar-refractivity contribution in [2.75, 3.05) is 12.0 Å². The minimum Gasteiger partial charge on any atom is -0.495 e. The monoisotopic (exact) mass is 587 g/mol. The number of ketones is 1. The van der Waals surface area contributed by atoms with E-state index in [2.05, 4.69) is 0 Å². The van der Waals surface area contributed by atoms with Gasteiger partial charge in [0.05, 0.1) is 35.5 Å². The van der Waals surface area contributed by atoms with Crippen molar-refractivity contribution in [3.8, 4) is 5.75 Å². The molecule has 1 heterocycles. The molecule has 45 heavy (non-hydrogen) atoms. The number of carbonyl (C=O) groups is 3. The number of hydrogen-bond acceptors (Lipinski definition) is 4. The maximum absolute atomic E-state index is 15.9. The summed E-state index contributed by atoms with van der Waals surface area (Å²) in [6.07, 6.45) is 0. The highest BCUT2D eigenvalue weighted by Crippen LogP contribution is 2.74. The highest BCUT2D eigenvalue weighted by Gasteiger charge is 2.82. The summed E-state index contributed by atoms with van der Waals surface area (Å²) >= 11 is 0. The van der Waals surface area contributed by atoms with Gasteiger partial charge in [0, 0.05) is 0 Å². The van der Waals surface area contributed by atoms with E-state index in [9.17, 15) is 0 Å². The molecule has 4 atom stereocenters. The van der Waals surface area contributed by atoms with Crippen molar-refractivity contribution in [3.05, 3.63) is 168 Å². The predicted molar refractivity (Wildman–Crippen MR) is 173 cm³/mol. The van der Waals surface area contributed by atoms with Crippen LogP contribution in [0.2, 0.25) is 0 Å². The van der Waals surface area contributed by atoms with Crippen LogP contribution < -0.4 is 9.64 Å². The standard InChI is InChI=1S/C40H29NO4/c1-45-31-25-15-14-24-30(31)41-36(42)34-35(37(41)43)40(29-22-12-5-13-23-29)33(27-18-8-3-9-19-27)32(26-16-6-2-7-17-26)39(34,38(40)44)28-20-10-4-11-21-28/h2-25,34-35H,1H3/t34-,35-,39-,40-/m0/s1. The Labute approximate surface area is 261 Å². The molecule has 2 fully saturated rings. The van der Waals surface area contributed by atoms with Crippen LogP contribution in [-0.4, -0.2) is 24.7 Å². The Morgan fingerprint density at radius 1 is 0.511 bits per heavy atom. The van der Waals surface area contributed by atoms with Gasteiger partial charge >= 0.3 is 0 Å². The number of methoxy groups -OCH3 is 1. The largest absolute Gasteiger partial charge is 0.495 e. The lowest BCUT2D eigenvalue weighted by Crippen LogP contribution is -2.45. The van der Waals surface area contributed by atoms with Crippen molar-refractivity contribution in [2.45, 2.75) is 10.8 Å². The molecular weight excluding hydrogens is 558 g/mol. The molecule has 5 aromatic rings. The molecule has 0 spiro atoms. The first kappa shape index (κ1) is 27.0. The van der Waals surface area contributed by atoms with Gasteiger partial charge in [0.15, 0.2) is 5.78 Å². The third kappa shape index (κ3) is 3.35. The lowest BCUT2D eigenvalue weighted by Gasteiger charge is -2.39. The van der Waals surface area contributed by atoms with Gasteiger partial charge in [-0.3, -0.25) is 14.4 Å². The zero-order valence-electron chi connectivity index (χ0n) is 24.6. The first-order valence-corrected chi connectivity index (χ1v) is 15.1. The summed E-state index contributed by atoms with van der Waals surface area (Å²) in [6, 6.07) is 45.9. The molecule has 5 heteroatoms. The van der Waals surface area contributed by atoms with Gasteiger partial charge in [-0.2, -0.15) is 0 Å². The van der Waals surface area contributed by atoms with E-state index in [1.165, 1.54) is 12.0 Å². The summed E-state index contributed by atoms with van der Waals surface area (Å²) < 4.78 is 5.64. The number of fused-ring (bicyclic) bond motifs is 5. The Hall–Kier alpha value is -5.55. The number of nitrogens with zero attached hydrogens (tertiary/aromatic N) is 1. The van der Waals surface area contributed by atoms with E-state index in [0.717, 1.165) is 22.3 Å². The molecule has 0 radical (unpaired) electrons. The van der Waals surface area contributed by atoms with Gasteiger partial charge in [-0.05, 0) is 45.5 Å². The Kier molecular flexibility index (Phi) is 6.00. The molecule has 5 nitrogen and oxygen atoms in total. The first-order chi connectivity index (χ1) is 22.1. The van der Waals surface area contributed by atoms with Crippen LogP contribution in [0.3, 0.4) is 0 Å². The molecule has 0 N–H and O–H groups in total. The number of Topliss-reactive ketones (excluding diaryl/α,β-unsaturated/α-hetero) is 1. The Bertz CT molecular complexity index is 1880. The van der Waals surface area contributed by atoms with Crippen LogP contribution in [0.25, 0.3) is 11.1 Å². The van der Waals surface area contributed by atoms with Gasteiger partial charge in [0.25, 0.3) is 0 Å². The van der Waals surface area contributed by atoms with E-state index in [1.54, 1.807) is 24.3 Å². The average Bonchev–Trinajstić information content (AvgIpc) is 3.61. The fourth-order valence-corrected chi connectivity index (χ4v) is 8.39. The quantitative estimate of drug-likeness (QED) is 0.203. The van der Waals surface area contributed by atoms with Crippen molar-refractivity contribution in [2.24, 2.45) is 11.8 Å². The third-order valence-electron chi connectivity index (χ3n) is 9.90. The lowest BCUT2D eigenvalue weighted by atomic mass is 9.59. The summed E-state index contributed by atoms with van der Waals surface area (Å²) in [5.74, 6) is -2.48. The molecule has 218 valence electrons. The average molecular weight is 588 g/mol. The van der Waals surface area contributed by atoms with Crippen LogP contribution in [0.4, 0.5) is 5.69 Å². The normalized spacial score (nSPS) is 25.2. The number of benzene rings is 5. The molecule has 1 aliphatic heterocycles. The highest BCUT2D eigenvalue weighted by molar-refractivity contribution is 6.39. The van der Waals surface area contributed by atoms with Gasteiger partial charge in [-0.1, -0.05) is 133 Å². The summed E-state index contributed by atoms with van der Waals surface area (Å²) in [7, 11) is 1.53. The molecule has 1 saturated heterocycles. The van der Waals surface area contributed by atoms with E-state index >= 15 is 14.4 Å². The lowest BCUT2D eigenvalue weighted by molar-refractivity contribution is -0.130. The number of hydrogen-bond donors (Lipinski definition) is 0. The molecule has 0 aromatic heterocycles. The first-order valence-electron chi connectivity index (χ1n) is 15.1. The fraction of sp³-hybridized carbons (Fsp3) is 0.125. The van der Waals surface area contributed by atoms with Crippen molar-refractivity contribution in [3.63, 3.8) is 0 Å². The maximum atomic E-state index is 15.9. The van der Waals surface area contributed by atoms with Crippen molar-refractivity contribution in [1.29, 1.82) is 0 Å². The van der Waals surface area contributed by atoms with E-state index in [4.69, 9.17) is 4.74 Å². The number of allylic oxidation sites excluding steroid dienone is 2. The molecule has 0 unspecified atom stereocenters. The summed E-state index contributed by atoms with van der Waals surface area (Å²) in [4.78, 5) is 47.2. The van der Waals surface area contributed by atoms with Crippen LogP contribution in [0.5, 0.6) is 5.75 Å². The van der Waals surface area contributed by atoms with Gasteiger partial charge in [-0.25, -0.2) is 4.90 Å². The van der Waals surface area contributed by atoms with E-state index in [-0.39, 0.29) is 5.78 Å². The van der Waals surface area contributed by atoms with Crippen LogP contribution in [0.1, 0.15) is 22.3 Å². The van der Waals surface area contributed by atoms with Crippen LogP contribution >= 0.6 is 0 Å². The van der Waals surface area contributed by atoms with Crippen molar-refractivity contribution >= 4 is 34.4 Å². The topological polar surface area (TPSA) is 63.7 Å². The Morgan fingerprint density at radius 3 is 1.31 bits per heavy atom. The van der Waals surface area contributed by atoms with E-state index in [1.807, 2.05) is 121 Å². The van der Waals surface area contributed by atoms with Crippen molar-refractivity contribution in [1.82, 2.24) is 0 Å². The summed E-state index contributed by atoms with van der Waals surface area (Å²) in [6.45, 7) is 0. The second-order valence-corrected chi connectivity index (χ2v) is 11.8. The molecule has 3 aliphatic rings. The Balaban J connectivity index is 1.56. The number of anilines is 1. The molecular formula is C40H29NO4. The highest BCUT2D eigenvalue weighted by atomic mass is 16.5. The molecule has 1 saturated carbocycles. The van der Waals surface area contributed by atoms with Gasteiger partial charge in [0.2, 0.25) is 11.8 Å². The molecule has 5 aromatic carbocycles. The van der Waals surface area contributed by atoms with Crippen LogP contribution in [0.15, 0.2) is 146 Å². The number of para-hydroxylation sites is 2. The second kappa shape index (κ2) is 10.00. The smallest absolute Gasteiger partial charge is 0.239 e. The van der Waals surface area contributed by atoms with Gasteiger partial charge < -0.3 is 4.74 Å². The third-order valence-corrected chi connectivity index (χ3v) is 9.90. The molecule has 8 rings (SSSR count). The zero-order chi connectivity index (χ0) is 30.8. The number of amides is 2. The van der Waals surface area contributed by atoms with Crippen LogP contribution in [-0.2, 0) is 25.2 Å². The SMILES string of the molecule is COc1ccccc1N1C(=O)[C@@H]2[C@@H](C1=O)[C@@]1(c3ccccc3)C(=O)[C@@]2(c2ccccc2)C(c2ccccc2)=C1c1ccccc1. The van der Waals surface area contributed by atoms with E-state index in [0.29, 0.717) is 22.6 Å². The number of rotatable bonds is 6. The number of imide groups is 1. The van der Waals surface area contributed by atoms with Crippen LogP contribution in [0, 0.1) is 11.8 Å². The van der Waals surface area contributed by atoms with Crippen molar-refractivity contribution < 1.29 is 19.1 Å². The zero-order valence-corrected chi connectivity index (χ0v) is 24.6.